The summed E-state index contributed by atoms with van der Waals surface area (Å²) in [7, 11) is 0. The predicted molar refractivity (Wildman–Crippen MR) is 106 cm³/mol. The molecule has 0 unspecified atom stereocenters. The number of carbonyl (C=O) groups is 1. The summed E-state index contributed by atoms with van der Waals surface area (Å²) in [5.41, 5.74) is 3.89. The number of aromatic nitrogens is 2. The molecule has 2 heterocycles. The molecule has 0 radical (unpaired) electrons. The molecule has 3 aromatic rings. The van der Waals surface area contributed by atoms with Gasteiger partial charge in [0.1, 0.15) is 0 Å². The minimum atomic E-state index is -0.178. The minimum absolute atomic E-state index is 0.178. The lowest BCUT2D eigenvalue weighted by molar-refractivity contribution is 0.0950. The van der Waals surface area contributed by atoms with Crippen LogP contribution in [0.5, 0.6) is 0 Å². The lowest BCUT2D eigenvalue weighted by Gasteiger charge is -2.10. The van der Waals surface area contributed by atoms with Gasteiger partial charge in [-0.3, -0.25) is 4.79 Å². The summed E-state index contributed by atoms with van der Waals surface area (Å²) in [6.07, 6.45) is 0. The number of rotatable bonds is 4. The number of carbonyl (C=O) groups excluding carboxylic acids is 1. The number of fused-ring (bicyclic) bond motifs is 1. The largest absolute Gasteiger partial charge is 0.346 e. The Morgan fingerprint density at radius 3 is 2.67 bits per heavy atom. The monoisotopic (exact) mass is 394 g/mol. The Labute approximate surface area is 166 Å². The highest BCUT2D eigenvalue weighted by atomic mass is 35.5. The molecule has 0 fully saturated rings. The summed E-state index contributed by atoms with van der Waals surface area (Å²) in [5.74, 6) is 0.808. The first-order chi connectivity index (χ1) is 13.2. The van der Waals surface area contributed by atoms with Gasteiger partial charge in [0.15, 0.2) is 5.16 Å². The molecular formula is C20H15ClN4OS. The molecule has 1 aliphatic heterocycles. The van der Waals surface area contributed by atoms with Crippen LogP contribution < -0.4 is 5.32 Å². The van der Waals surface area contributed by atoms with Crippen molar-refractivity contribution in [3.8, 4) is 17.3 Å². The maximum atomic E-state index is 12.5. The molecule has 1 amide bonds. The van der Waals surface area contributed by atoms with Crippen LogP contribution in [0.2, 0.25) is 5.02 Å². The van der Waals surface area contributed by atoms with Crippen molar-refractivity contribution in [2.45, 2.75) is 18.2 Å². The third-order valence-electron chi connectivity index (χ3n) is 4.39. The molecule has 1 aliphatic rings. The van der Waals surface area contributed by atoms with Gasteiger partial charge >= 0.3 is 0 Å². The zero-order valence-corrected chi connectivity index (χ0v) is 15.8. The van der Waals surface area contributed by atoms with Gasteiger partial charge in [-0.1, -0.05) is 35.5 Å². The fourth-order valence-corrected chi connectivity index (χ4v) is 4.11. The second-order valence-electron chi connectivity index (χ2n) is 6.07. The maximum absolute atomic E-state index is 12.5. The van der Waals surface area contributed by atoms with E-state index in [0.29, 0.717) is 22.7 Å². The van der Waals surface area contributed by atoms with Crippen LogP contribution in [-0.2, 0) is 13.1 Å². The summed E-state index contributed by atoms with van der Waals surface area (Å²) in [6.45, 7) is 1.26. The van der Waals surface area contributed by atoms with E-state index in [2.05, 4.69) is 16.0 Å². The summed E-state index contributed by atoms with van der Waals surface area (Å²) in [4.78, 5) is 17.2. The van der Waals surface area contributed by atoms with E-state index in [1.807, 2.05) is 24.3 Å². The van der Waals surface area contributed by atoms with Crippen molar-refractivity contribution in [2.75, 3.05) is 5.75 Å². The number of benzene rings is 2. The average molecular weight is 395 g/mol. The number of hydrogen-bond acceptors (Lipinski definition) is 4. The normalized spacial score (nSPS) is 12.4. The highest BCUT2D eigenvalue weighted by Crippen LogP contribution is 2.33. The zero-order valence-electron chi connectivity index (χ0n) is 14.3. The molecule has 134 valence electrons. The first-order valence-electron chi connectivity index (χ1n) is 8.42. The summed E-state index contributed by atoms with van der Waals surface area (Å²) >= 11 is 7.72. The van der Waals surface area contributed by atoms with Crippen LogP contribution in [0.25, 0.3) is 11.3 Å². The van der Waals surface area contributed by atoms with E-state index in [1.54, 1.807) is 36.0 Å². The highest BCUT2D eigenvalue weighted by Gasteiger charge is 2.23. The number of hydrogen-bond donors (Lipinski definition) is 1. The van der Waals surface area contributed by atoms with Crippen molar-refractivity contribution >= 4 is 29.3 Å². The summed E-state index contributed by atoms with van der Waals surface area (Å²) in [6, 6.07) is 16.2. The first-order valence-corrected chi connectivity index (χ1v) is 9.78. The fourth-order valence-electron chi connectivity index (χ4n) is 3.01. The molecule has 27 heavy (non-hydrogen) atoms. The van der Waals surface area contributed by atoms with Crippen molar-refractivity contribution in [1.29, 1.82) is 5.26 Å². The lowest BCUT2D eigenvalue weighted by atomic mass is 10.1. The van der Waals surface area contributed by atoms with Gasteiger partial charge in [0, 0.05) is 28.4 Å². The van der Waals surface area contributed by atoms with Gasteiger partial charge in [0.2, 0.25) is 0 Å². The molecule has 2 aromatic carbocycles. The Balaban J connectivity index is 1.58. The number of imidazole rings is 1. The van der Waals surface area contributed by atoms with Crippen LogP contribution in [0, 0.1) is 11.3 Å². The molecule has 0 atom stereocenters. The van der Waals surface area contributed by atoms with Crippen LogP contribution in [0.4, 0.5) is 0 Å². The standard InChI is InChI=1S/C20H15ClN4OS/c21-16-7-5-14(6-8-16)18-17(25-9-10-27-20(25)24-18)12-23-19(26)15-3-1-13(11-22)2-4-15/h1-8H,9-10,12H2,(H,23,26). The topological polar surface area (TPSA) is 70.7 Å². The van der Waals surface area contributed by atoms with Gasteiger partial charge in [-0.05, 0) is 36.4 Å². The van der Waals surface area contributed by atoms with Crippen molar-refractivity contribution < 1.29 is 4.79 Å². The van der Waals surface area contributed by atoms with Crippen LogP contribution >= 0.6 is 23.4 Å². The Morgan fingerprint density at radius 1 is 1.22 bits per heavy atom. The fraction of sp³-hybridized carbons (Fsp3) is 0.150. The van der Waals surface area contributed by atoms with Gasteiger partial charge in [0.25, 0.3) is 5.91 Å². The number of thioether (sulfide) groups is 1. The zero-order chi connectivity index (χ0) is 18.8. The summed E-state index contributed by atoms with van der Waals surface area (Å²) in [5, 5.41) is 13.5. The first kappa shape index (κ1) is 17.7. The Bertz CT molecular complexity index is 1040. The van der Waals surface area contributed by atoms with Crippen molar-refractivity contribution in [3.05, 3.63) is 70.4 Å². The van der Waals surface area contributed by atoms with Gasteiger partial charge in [0.05, 0.1) is 29.6 Å². The molecule has 1 aromatic heterocycles. The predicted octanol–water partition coefficient (Wildman–Crippen LogP) is 4.11. The Kier molecular flexibility index (Phi) is 4.88. The van der Waals surface area contributed by atoms with E-state index in [4.69, 9.17) is 21.8 Å². The molecule has 0 aliphatic carbocycles. The number of nitriles is 1. The molecule has 1 N–H and O–H groups in total. The van der Waals surface area contributed by atoms with Gasteiger partial charge in [-0.2, -0.15) is 5.26 Å². The Hall–Kier alpha value is -2.75. The van der Waals surface area contributed by atoms with E-state index in [-0.39, 0.29) is 5.91 Å². The number of nitrogens with zero attached hydrogens (tertiary/aromatic N) is 3. The second-order valence-corrected chi connectivity index (χ2v) is 7.57. The van der Waals surface area contributed by atoms with Gasteiger partial charge < -0.3 is 9.88 Å². The molecular weight excluding hydrogens is 380 g/mol. The molecule has 0 saturated heterocycles. The van der Waals surface area contributed by atoms with Crippen LogP contribution in [0.1, 0.15) is 21.6 Å². The third kappa shape index (κ3) is 3.57. The molecule has 7 heteroatoms. The number of amides is 1. The molecule has 0 bridgehead atoms. The molecule has 0 saturated carbocycles. The summed E-state index contributed by atoms with van der Waals surface area (Å²) < 4.78 is 2.16. The van der Waals surface area contributed by atoms with E-state index in [0.717, 1.165) is 34.4 Å². The van der Waals surface area contributed by atoms with Gasteiger partial charge in [-0.15, -0.1) is 0 Å². The van der Waals surface area contributed by atoms with Gasteiger partial charge in [-0.25, -0.2) is 4.98 Å². The second kappa shape index (κ2) is 7.47. The Morgan fingerprint density at radius 2 is 1.96 bits per heavy atom. The quantitative estimate of drug-likeness (QED) is 0.722. The van der Waals surface area contributed by atoms with E-state index < -0.39 is 0 Å². The molecule has 5 nitrogen and oxygen atoms in total. The van der Waals surface area contributed by atoms with E-state index >= 15 is 0 Å². The number of halogens is 1. The van der Waals surface area contributed by atoms with Crippen molar-refractivity contribution in [3.63, 3.8) is 0 Å². The maximum Gasteiger partial charge on any atom is 0.251 e. The SMILES string of the molecule is N#Cc1ccc(C(=O)NCc2c(-c3ccc(Cl)cc3)nc3n2CCS3)cc1. The van der Waals surface area contributed by atoms with Crippen molar-refractivity contribution in [1.82, 2.24) is 14.9 Å². The minimum Gasteiger partial charge on any atom is -0.346 e. The van der Waals surface area contributed by atoms with Crippen LogP contribution in [-0.4, -0.2) is 21.2 Å². The highest BCUT2D eigenvalue weighted by molar-refractivity contribution is 7.99. The van der Waals surface area contributed by atoms with E-state index in [9.17, 15) is 4.79 Å². The number of nitrogens with one attached hydrogen (secondary N) is 1. The smallest absolute Gasteiger partial charge is 0.251 e. The van der Waals surface area contributed by atoms with Crippen molar-refractivity contribution in [2.24, 2.45) is 0 Å². The average Bonchev–Trinajstić information content (AvgIpc) is 3.28. The molecule has 0 spiro atoms. The van der Waals surface area contributed by atoms with Crippen LogP contribution in [0.3, 0.4) is 0 Å². The lowest BCUT2D eigenvalue weighted by Crippen LogP contribution is -2.24. The van der Waals surface area contributed by atoms with Crippen LogP contribution in [0.15, 0.2) is 53.7 Å². The van der Waals surface area contributed by atoms with E-state index in [1.165, 1.54) is 0 Å². The molecule has 4 rings (SSSR count). The third-order valence-corrected chi connectivity index (χ3v) is 5.60.